The second-order valence-corrected chi connectivity index (χ2v) is 5.86. The first-order chi connectivity index (χ1) is 11.2. The zero-order chi connectivity index (χ0) is 16.1. The van der Waals surface area contributed by atoms with Gasteiger partial charge in [-0.15, -0.1) is 0 Å². The summed E-state index contributed by atoms with van der Waals surface area (Å²) in [6.07, 6.45) is 2.01. The smallest absolute Gasteiger partial charge is 0.251 e. The quantitative estimate of drug-likeness (QED) is 0.862. The number of benzene rings is 2. The summed E-state index contributed by atoms with van der Waals surface area (Å²) in [7, 11) is 0. The van der Waals surface area contributed by atoms with Gasteiger partial charge in [-0.05, 0) is 36.1 Å². The van der Waals surface area contributed by atoms with Crippen molar-refractivity contribution in [1.29, 1.82) is 0 Å². The second-order valence-electron chi connectivity index (χ2n) is 5.86. The van der Waals surface area contributed by atoms with Crippen molar-refractivity contribution in [2.24, 2.45) is 5.92 Å². The van der Waals surface area contributed by atoms with Crippen molar-refractivity contribution in [3.8, 4) is 0 Å². The van der Waals surface area contributed by atoms with E-state index in [-0.39, 0.29) is 17.7 Å². The summed E-state index contributed by atoms with van der Waals surface area (Å²) in [5.74, 6) is 0.259. The van der Waals surface area contributed by atoms with Crippen LogP contribution < -0.4 is 10.6 Å². The highest BCUT2D eigenvalue weighted by Gasteiger charge is 2.29. The summed E-state index contributed by atoms with van der Waals surface area (Å²) in [6.45, 7) is 1.03. The molecule has 3 rings (SSSR count). The number of nitrogens with one attached hydrogen (secondary N) is 2. The van der Waals surface area contributed by atoms with Gasteiger partial charge in [0.2, 0.25) is 5.91 Å². The largest absolute Gasteiger partial charge is 0.352 e. The highest BCUT2D eigenvalue weighted by Crippen LogP contribution is 2.28. The van der Waals surface area contributed by atoms with Gasteiger partial charge in [0.15, 0.2) is 0 Å². The minimum Gasteiger partial charge on any atom is -0.352 e. The fourth-order valence-corrected chi connectivity index (χ4v) is 2.33. The molecule has 1 aliphatic rings. The van der Waals surface area contributed by atoms with Crippen LogP contribution in [0.2, 0.25) is 0 Å². The van der Waals surface area contributed by atoms with E-state index < -0.39 is 0 Å². The molecule has 0 spiro atoms. The summed E-state index contributed by atoms with van der Waals surface area (Å²) in [5.41, 5.74) is 2.69. The Hall–Kier alpha value is -2.62. The summed E-state index contributed by atoms with van der Waals surface area (Å²) in [6, 6.07) is 17.1. The fourth-order valence-electron chi connectivity index (χ4n) is 2.33. The maximum absolute atomic E-state index is 12.1. The van der Waals surface area contributed by atoms with Gasteiger partial charge < -0.3 is 10.6 Å². The van der Waals surface area contributed by atoms with Gasteiger partial charge in [0, 0.05) is 24.6 Å². The van der Waals surface area contributed by atoms with E-state index in [1.54, 1.807) is 12.1 Å². The molecule has 0 radical (unpaired) electrons. The van der Waals surface area contributed by atoms with E-state index in [1.807, 2.05) is 42.5 Å². The highest BCUT2D eigenvalue weighted by molar-refractivity contribution is 5.94. The van der Waals surface area contributed by atoms with E-state index in [4.69, 9.17) is 0 Å². The number of carbonyl (C=O) groups is 2. The number of hydrogen-bond donors (Lipinski definition) is 2. The molecule has 0 aliphatic heterocycles. The Morgan fingerprint density at radius 2 is 1.43 bits per heavy atom. The SMILES string of the molecule is O=C(NCc1ccccc1)c1ccc(CNC(=O)C2CC2)cc1. The number of carbonyl (C=O) groups excluding carboxylic acids is 2. The van der Waals surface area contributed by atoms with Crippen LogP contribution in [-0.2, 0) is 17.9 Å². The maximum Gasteiger partial charge on any atom is 0.251 e. The van der Waals surface area contributed by atoms with Crippen molar-refractivity contribution < 1.29 is 9.59 Å². The lowest BCUT2D eigenvalue weighted by Crippen LogP contribution is -2.24. The van der Waals surface area contributed by atoms with Gasteiger partial charge in [0.05, 0.1) is 0 Å². The fraction of sp³-hybridized carbons (Fsp3) is 0.263. The Labute approximate surface area is 135 Å². The molecule has 0 unspecified atom stereocenters. The van der Waals surface area contributed by atoms with Gasteiger partial charge in [-0.2, -0.15) is 0 Å². The molecule has 2 aromatic carbocycles. The monoisotopic (exact) mass is 308 g/mol. The van der Waals surface area contributed by atoms with Crippen molar-refractivity contribution in [3.63, 3.8) is 0 Å². The summed E-state index contributed by atoms with van der Waals surface area (Å²) in [4.78, 5) is 23.7. The minimum atomic E-state index is -0.0950. The summed E-state index contributed by atoms with van der Waals surface area (Å²) >= 11 is 0. The molecule has 0 bridgehead atoms. The normalized spacial score (nSPS) is 13.4. The molecule has 2 amide bonds. The molecule has 2 aromatic rings. The standard InChI is InChI=1S/C19H20N2O2/c22-18(20-12-14-4-2-1-3-5-14)16-8-6-15(7-9-16)13-21-19(23)17-10-11-17/h1-9,17H,10-13H2,(H,20,22)(H,21,23). The summed E-state index contributed by atoms with van der Waals surface area (Å²) in [5, 5.41) is 5.82. The average molecular weight is 308 g/mol. The van der Waals surface area contributed by atoms with Crippen LogP contribution in [-0.4, -0.2) is 11.8 Å². The van der Waals surface area contributed by atoms with E-state index >= 15 is 0 Å². The zero-order valence-corrected chi connectivity index (χ0v) is 12.9. The molecule has 0 heterocycles. The zero-order valence-electron chi connectivity index (χ0n) is 12.9. The Morgan fingerprint density at radius 1 is 0.826 bits per heavy atom. The van der Waals surface area contributed by atoms with Gasteiger partial charge in [-0.3, -0.25) is 9.59 Å². The van der Waals surface area contributed by atoms with Gasteiger partial charge in [-0.25, -0.2) is 0 Å². The minimum absolute atomic E-state index is 0.0950. The molecule has 1 fully saturated rings. The molecule has 0 atom stereocenters. The first kappa shape index (κ1) is 15.3. The van der Waals surface area contributed by atoms with Crippen molar-refractivity contribution in [3.05, 3.63) is 71.3 Å². The maximum atomic E-state index is 12.1. The van der Waals surface area contributed by atoms with E-state index in [0.29, 0.717) is 18.7 Å². The van der Waals surface area contributed by atoms with Gasteiger partial charge >= 0.3 is 0 Å². The molecule has 2 N–H and O–H groups in total. The molecule has 23 heavy (non-hydrogen) atoms. The molecule has 1 aliphatic carbocycles. The van der Waals surface area contributed by atoms with Crippen LogP contribution >= 0.6 is 0 Å². The van der Waals surface area contributed by atoms with Crippen LogP contribution in [0.15, 0.2) is 54.6 Å². The third-order valence-corrected chi connectivity index (χ3v) is 3.93. The Bertz CT molecular complexity index is 676. The van der Waals surface area contributed by atoms with E-state index in [1.165, 1.54) is 0 Å². The van der Waals surface area contributed by atoms with Crippen LogP contribution in [0, 0.1) is 5.92 Å². The Morgan fingerprint density at radius 3 is 2.09 bits per heavy atom. The molecule has 118 valence electrons. The first-order valence-corrected chi connectivity index (χ1v) is 7.91. The van der Waals surface area contributed by atoms with Crippen LogP contribution in [0.25, 0.3) is 0 Å². The molecule has 4 heteroatoms. The van der Waals surface area contributed by atoms with E-state index in [9.17, 15) is 9.59 Å². The highest BCUT2D eigenvalue weighted by atomic mass is 16.2. The number of amides is 2. The van der Waals surface area contributed by atoms with Crippen molar-refractivity contribution in [2.75, 3.05) is 0 Å². The molecule has 0 aromatic heterocycles. The van der Waals surface area contributed by atoms with Crippen LogP contribution in [0.1, 0.15) is 34.3 Å². The number of rotatable bonds is 6. The predicted molar refractivity (Wildman–Crippen MR) is 88.6 cm³/mol. The molecule has 0 saturated heterocycles. The van der Waals surface area contributed by atoms with Gasteiger partial charge in [0.1, 0.15) is 0 Å². The van der Waals surface area contributed by atoms with E-state index in [2.05, 4.69) is 10.6 Å². The van der Waals surface area contributed by atoms with Crippen molar-refractivity contribution in [1.82, 2.24) is 10.6 Å². The predicted octanol–water partition coefficient (Wildman–Crippen LogP) is 2.64. The molecule has 4 nitrogen and oxygen atoms in total. The van der Waals surface area contributed by atoms with Gasteiger partial charge in [0.25, 0.3) is 5.91 Å². The third-order valence-electron chi connectivity index (χ3n) is 3.93. The second kappa shape index (κ2) is 7.09. The number of hydrogen-bond acceptors (Lipinski definition) is 2. The molecular formula is C19H20N2O2. The van der Waals surface area contributed by atoms with Crippen LogP contribution in [0.3, 0.4) is 0 Å². The lowest BCUT2D eigenvalue weighted by molar-refractivity contribution is -0.122. The third kappa shape index (κ3) is 4.42. The topological polar surface area (TPSA) is 58.2 Å². The average Bonchev–Trinajstić information content (AvgIpc) is 3.44. The lowest BCUT2D eigenvalue weighted by Gasteiger charge is -2.07. The molecular weight excluding hydrogens is 288 g/mol. The van der Waals surface area contributed by atoms with Crippen LogP contribution in [0.4, 0.5) is 0 Å². The first-order valence-electron chi connectivity index (χ1n) is 7.91. The van der Waals surface area contributed by atoms with E-state index in [0.717, 1.165) is 24.0 Å². The van der Waals surface area contributed by atoms with Crippen LogP contribution in [0.5, 0.6) is 0 Å². The Kier molecular flexibility index (Phi) is 4.71. The Balaban J connectivity index is 1.49. The van der Waals surface area contributed by atoms with Crippen molar-refractivity contribution >= 4 is 11.8 Å². The van der Waals surface area contributed by atoms with Gasteiger partial charge in [-0.1, -0.05) is 42.5 Å². The molecule has 1 saturated carbocycles. The summed E-state index contributed by atoms with van der Waals surface area (Å²) < 4.78 is 0. The van der Waals surface area contributed by atoms with Crippen molar-refractivity contribution in [2.45, 2.75) is 25.9 Å². The lowest BCUT2D eigenvalue weighted by atomic mass is 10.1.